The van der Waals surface area contributed by atoms with Crippen LogP contribution in [0.3, 0.4) is 0 Å². The van der Waals surface area contributed by atoms with Crippen molar-refractivity contribution in [2.45, 2.75) is 13.3 Å². The molecule has 1 aliphatic carbocycles. The van der Waals surface area contributed by atoms with Gasteiger partial charge in [-0.3, -0.25) is 6.08 Å². The van der Waals surface area contributed by atoms with Gasteiger partial charge in [0.2, 0.25) is 0 Å². The molecule has 0 unspecified atom stereocenters. The summed E-state index contributed by atoms with van der Waals surface area (Å²) in [7, 11) is 0. The molecule has 4 heteroatoms. The van der Waals surface area contributed by atoms with Crippen LogP contribution in [0, 0.1) is 6.08 Å². The molecule has 0 spiro atoms. The van der Waals surface area contributed by atoms with Crippen LogP contribution in [0.4, 0.5) is 0 Å². The molecule has 1 radical (unpaired) electrons. The second-order valence-corrected chi connectivity index (χ2v) is 1.47. The predicted octanol–water partition coefficient (Wildman–Crippen LogP) is 1.14. The molecule has 0 saturated carbocycles. The summed E-state index contributed by atoms with van der Waals surface area (Å²) in [5.74, 6) is 0. The molecule has 1 aliphatic rings. The van der Waals surface area contributed by atoms with Gasteiger partial charge in [0.1, 0.15) is 20.4 Å². The first kappa shape index (κ1) is 22.7. The molecule has 0 saturated heterocycles. The zero-order valence-corrected chi connectivity index (χ0v) is 8.77. The molecule has 0 amide bonds. The Labute approximate surface area is 89.4 Å². The molecule has 0 aliphatic heterocycles. The van der Waals surface area contributed by atoms with E-state index < -0.39 is 0 Å². The van der Waals surface area contributed by atoms with Crippen molar-refractivity contribution in [2.24, 2.45) is 0 Å². The average Bonchev–Trinajstić information content (AvgIpc) is 2.66. The molecule has 0 atom stereocenters. The van der Waals surface area contributed by atoms with Gasteiger partial charge in [-0.15, -0.1) is 6.42 Å². The molecule has 0 N–H and O–H groups in total. The van der Waals surface area contributed by atoms with E-state index >= 15 is 0 Å². The minimum absolute atomic E-state index is 0. The molecule has 1 rings (SSSR count). The Hall–Kier alpha value is -0.991. The molecular weight excluding hydrogens is 211 g/mol. The van der Waals surface area contributed by atoms with Gasteiger partial charge >= 0.3 is 0 Å². The maximum atomic E-state index is 8.00. The minimum atomic E-state index is 0. The van der Waals surface area contributed by atoms with E-state index in [0.717, 1.165) is 6.42 Å². The van der Waals surface area contributed by atoms with Gasteiger partial charge in [0.25, 0.3) is 0 Å². The molecular formula is C9H13MnO3-. The van der Waals surface area contributed by atoms with Crippen molar-refractivity contribution in [1.29, 1.82) is 0 Å². The number of carbonyl (C=O) groups is 3. The molecule has 0 aromatic carbocycles. The van der Waals surface area contributed by atoms with E-state index in [0.29, 0.717) is 0 Å². The van der Waals surface area contributed by atoms with Crippen molar-refractivity contribution in [3.05, 3.63) is 23.8 Å². The van der Waals surface area contributed by atoms with Crippen LogP contribution in [0.2, 0.25) is 0 Å². The van der Waals surface area contributed by atoms with Crippen molar-refractivity contribution < 1.29 is 31.5 Å². The van der Waals surface area contributed by atoms with Gasteiger partial charge in [-0.25, -0.2) is 11.6 Å². The van der Waals surface area contributed by atoms with Crippen molar-refractivity contribution in [2.75, 3.05) is 0 Å². The fraction of sp³-hybridized carbons (Fsp3) is 0.222. The molecule has 0 aromatic heterocycles. The van der Waals surface area contributed by atoms with Crippen LogP contribution >= 0.6 is 0 Å². The number of hydrogen-bond donors (Lipinski definition) is 0. The normalized spacial score (nSPS) is 9.46. The summed E-state index contributed by atoms with van der Waals surface area (Å²) in [6, 6.07) is 0. The van der Waals surface area contributed by atoms with Crippen LogP contribution < -0.4 is 0 Å². The van der Waals surface area contributed by atoms with Crippen LogP contribution in [-0.2, 0) is 31.5 Å². The second kappa shape index (κ2) is 30.5. The Morgan fingerprint density at radius 3 is 1.62 bits per heavy atom. The van der Waals surface area contributed by atoms with Gasteiger partial charge in [-0.2, -0.15) is 6.08 Å². The summed E-state index contributed by atoms with van der Waals surface area (Å²) in [6.07, 6.45) is 8.33. The van der Waals surface area contributed by atoms with Crippen LogP contribution in [0.1, 0.15) is 13.3 Å². The third-order valence-corrected chi connectivity index (χ3v) is 0.867. The zero-order valence-electron chi connectivity index (χ0n) is 7.59. The van der Waals surface area contributed by atoms with E-state index in [-0.39, 0.29) is 17.1 Å². The Morgan fingerprint density at radius 1 is 1.15 bits per heavy atom. The van der Waals surface area contributed by atoms with Crippen molar-refractivity contribution in [3.63, 3.8) is 0 Å². The van der Waals surface area contributed by atoms with Crippen LogP contribution in [-0.4, -0.2) is 20.4 Å². The SMILES string of the molecule is C=O.C=O.C=O.CC1=[C-]CC=C1.[Mn]. The van der Waals surface area contributed by atoms with E-state index in [4.69, 9.17) is 14.4 Å². The average molecular weight is 224 g/mol. The standard InChI is InChI=1S/C6H7.3CH2O.Mn/c1-6-4-2-3-5-6;3*1-2;/h2,4H,3H2,1H3;3*1H2;/q-1;;;;. The predicted molar refractivity (Wildman–Crippen MR) is 47.6 cm³/mol. The summed E-state index contributed by atoms with van der Waals surface area (Å²) in [5.41, 5.74) is 1.27. The topological polar surface area (TPSA) is 51.2 Å². The van der Waals surface area contributed by atoms with E-state index in [2.05, 4.69) is 25.2 Å². The third kappa shape index (κ3) is 24.7. The fourth-order valence-electron chi connectivity index (χ4n) is 0.515. The molecule has 3 nitrogen and oxygen atoms in total. The second-order valence-electron chi connectivity index (χ2n) is 1.47. The van der Waals surface area contributed by atoms with E-state index in [1.54, 1.807) is 0 Å². The third-order valence-electron chi connectivity index (χ3n) is 0.867. The van der Waals surface area contributed by atoms with Gasteiger partial charge in [0.05, 0.1) is 0 Å². The van der Waals surface area contributed by atoms with Crippen LogP contribution in [0.25, 0.3) is 0 Å². The van der Waals surface area contributed by atoms with E-state index in [9.17, 15) is 0 Å². The molecule has 0 aromatic rings. The van der Waals surface area contributed by atoms with E-state index in [1.165, 1.54) is 5.57 Å². The van der Waals surface area contributed by atoms with Crippen molar-refractivity contribution in [3.8, 4) is 0 Å². The van der Waals surface area contributed by atoms with Crippen LogP contribution in [0.5, 0.6) is 0 Å². The van der Waals surface area contributed by atoms with Crippen LogP contribution in [0.15, 0.2) is 17.7 Å². The number of hydrogen-bond acceptors (Lipinski definition) is 3. The first-order valence-electron chi connectivity index (χ1n) is 3.00. The maximum Gasteiger partial charge on any atom is 0.106 e. The van der Waals surface area contributed by atoms with Gasteiger partial charge < -0.3 is 14.4 Å². The number of allylic oxidation sites excluding steroid dienone is 4. The fourth-order valence-corrected chi connectivity index (χ4v) is 0.515. The van der Waals surface area contributed by atoms with Gasteiger partial charge in [-0.1, -0.05) is 6.92 Å². The molecule has 13 heavy (non-hydrogen) atoms. The van der Waals surface area contributed by atoms with Crippen molar-refractivity contribution >= 4 is 20.4 Å². The first-order chi connectivity index (χ1) is 5.89. The molecule has 0 bridgehead atoms. The van der Waals surface area contributed by atoms with Gasteiger partial charge in [-0.05, 0) is 0 Å². The zero-order chi connectivity index (χ0) is 10.4. The molecule has 0 heterocycles. The summed E-state index contributed by atoms with van der Waals surface area (Å²) >= 11 is 0. The Balaban J connectivity index is -0.0000000508. The van der Waals surface area contributed by atoms with Crippen molar-refractivity contribution in [1.82, 2.24) is 0 Å². The van der Waals surface area contributed by atoms with Gasteiger partial charge in [0.15, 0.2) is 0 Å². The Kier molecular flexibility index (Phi) is 53.3. The minimum Gasteiger partial charge on any atom is -0.307 e. The van der Waals surface area contributed by atoms with E-state index in [1.807, 2.05) is 20.4 Å². The summed E-state index contributed by atoms with van der Waals surface area (Å²) in [5, 5.41) is 0. The largest absolute Gasteiger partial charge is 0.307 e. The maximum absolute atomic E-state index is 8.00. The number of rotatable bonds is 0. The molecule has 75 valence electrons. The smallest absolute Gasteiger partial charge is 0.106 e. The number of carbonyl (C=O) groups excluding carboxylic acids is 3. The summed E-state index contributed by atoms with van der Waals surface area (Å²) < 4.78 is 0. The van der Waals surface area contributed by atoms with Gasteiger partial charge in [0, 0.05) is 17.1 Å². The summed E-state index contributed by atoms with van der Waals surface area (Å²) in [6.45, 7) is 8.06. The molecule has 0 fully saturated rings. The first-order valence-corrected chi connectivity index (χ1v) is 3.00. The Morgan fingerprint density at radius 2 is 1.54 bits per heavy atom. The quantitative estimate of drug-likeness (QED) is 0.458. The summed E-state index contributed by atoms with van der Waals surface area (Å²) in [4.78, 5) is 24.0. The Bertz CT molecular complexity index is 136. The monoisotopic (exact) mass is 224 g/mol.